The highest BCUT2D eigenvalue weighted by Crippen LogP contribution is 2.54. The lowest BCUT2D eigenvalue weighted by atomic mass is 9.56. The van der Waals surface area contributed by atoms with Crippen molar-refractivity contribution in [3.05, 3.63) is 0 Å². The zero-order valence-electron chi connectivity index (χ0n) is 9.45. The van der Waals surface area contributed by atoms with Gasteiger partial charge in [0, 0.05) is 11.8 Å². The van der Waals surface area contributed by atoms with Crippen LogP contribution in [-0.2, 0) is 4.74 Å². The molecule has 1 N–H and O–H groups in total. The third-order valence-corrected chi connectivity index (χ3v) is 4.94. The molecule has 0 aromatic carbocycles. The van der Waals surface area contributed by atoms with Crippen LogP contribution < -0.4 is 0 Å². The topological polar surface area (TPSA) is 29.5 Å². The molecule has 0 aliphatic heterocycles. The average Bonchev–Trinajstić information content (AvgIpc) is 2.22. The summed E-state index contributed by atoms with van der Waals surface area (Å²) in [4.78, 5) is 0. The third-order valence-electron chi connectivity index (χ3n) is 4.94. The van der Waals surface area contributed by atoms with Crippen LogP contribution in [0.1, 0.15) is 57.8 Å². The smallest absolute Gasteiger partial charge is 0.0684 e. The molecular formula is C13H22O2. The van der Waals surface area contributed by atoms with E-state index in [0.717, 1.165) is 6.42 Å². The summed E-state index contributed by atoms with van der Waals surface area (Å²) in [6.07, 6.45) is 11.9. The molecule has 0 saturated heterocycles. The minimum absolute atomic E-state index is 0.0668. The molecule has 0 amide bonds. The molecular weight excluding hydrogens is 188 g/mol. The van der Waals surface area contributed by atoms with Gasteiger partial charge < -0.3 is 9.84 Å². The van der Waals surface area contributed by atoms with E-state index in [9.17, 15) is 5.11 Å². The maximum atomic E-state index is 10.0. The van der Waals surface area contributed by atoms with E-state index in [1.807, 2.05) is 0 Å². The first kappa shape index (κ1) is 10.1. The third kappa shape index (κ3) is 1.53. The SMILES string of the molecule is OC1CC(OC2CCC2)C12CCCCC2. The summed E-state index contributed by atoms with van der Waals surface area (Å²) in [5.41, 5.74) is 0.174. The highest BCUT2D eigenvalue weighted by atomic mass is 16.5. The number of aliphatic hydroxyl groups is 1. The van der Waals surface area contributed by atoms with Crippen LogP contribution in [0.2, 0.25) is 0 Å². The Labute approximate surface area is 92.0 Å². The summed E-state index contributed by atoms with van der Waals surface area (Å²) in [7, 11) is 0. The van der Waals surface area contributed by atoms with Crippen molar-refractivity contribution in [2.24, 2.45) is 5.41 Å². The van der Waals surface area contributed by atoms with E-state index in [-0.39, 0.29) is 11.5 Å². The molecule has 3 rings (SSSR count). The van der Waals surface area contributed by atoms with Gasteiger partial charge >= 0.3 is 0 Å². The van der Waals surface area contributed by atoms with Crippen molar-refractivity contribution < 1.29 is 9.84 Å². The van der Waals surface area contributed by atoms with Gasteiger partial charge in [0.2, 0.25) is 0 Å². The van der Waals surface area contributed by atoms with Crippen molar-refractivity contribution in [3.8, 4) is 0 Å². The van der Waals surface area contributed by atoms with Crippen molar-refractivity contribution in [1.82, 2.24) is 0 Å². The van der Waals surface area contributed by atoms with Crippen LogP contribution >= 0.6 is 0 Å². The molecule has 3 aliphatic rings. The van der Waals surface area contributed by atoms with Gasteiger partial charge in [-0.1, -0.05) is 19.3 Å². The van der Waals surface area contributed by atoms with Crippen molar-refractivity contribution in [2.45, 2.75) is 76.1 Å². The highest BCUT2D eigenvalue weighted by Gasteiger charge is 2.55. The Hall–Kier alpha value is -0.0800. The first-order chi connectivity index (χ1) is 7.31. The molecule has 2 unspecified atom stereocenters. The van der Waals surface area contributed by atoms with Gasteiger partial charge in [0.05, 0.1) is 18.3 Å². The second-order valence-electron chi connectivity index (χ2n) is 5.72. The number of aliphatic hydroxyl groups excluding tert-OH is 1. The molecule has 0 radical (unpaired) electrons. The molecule has 2 nitrogen and oxygen atoms in total. The van der Waals surface area contributed by atoms with Gasteiger partial charge in [-0.15, -0.1) is 0 Å². The molecule has 0 aromatic rings. The fourth-order valence-corrected chi connectivity index (χ4v) is 3.52. The van der Waals surface area contributed by atoms with Crippen molar-refractivity contribution in [1.29, 1.82) is 0 Å². The average molecular weight is 210 g/mol. The Morgan fingerprint density at radius 1 is 1.00 bits per heavy atom. The van der Waals surface area contributed by atoms with Gasteiger partial charge in [0.15, 0.2) is 0 Å². The molecule has 3 fully saturated rings. The van der Waals surface area contributed by atoms with Gasteiger partial charge in [-0.3, -0.25) is 0 Å². The highest BCUT2D eigenvalue weighted by molar-refractivity contribution is 5.05. The molecule has 3 saturated carbocycles. The van der Waals surface area contributed by atoms with Crippen LogP contribution in [0.3, 0.4) is 0 Å². The first-order valence-electron chi connectivity index (χ1n) is 6.65. The molecule has 0 aromatic heterocycles. The van der Waals surface area contributed by atoms with Crippen LogP contribution in [0.25, 0.3) is 0 Å². The molecule has 15 heavy (non-hydrogen) atoms. The van der Waals surface area contributed by atoms with E-state index >= 15 is 0 Å². The van der Waals surface area contributed by atoms with E-state index in [1.54, 1.807) is 0 Å². The Balaban J connectivity index is 1.63. The maximum absolute atomic E-state index is 10.0. The second-order valence-corrected chi connectivity index (χ2v) is 5.72. The minimum atomic E-state index is -0.0668. The lowest BCUT2D eigenvalue weighted by molar-refractivity contribution is -0.231. The van der Waals surface area contributed by atoms with Crippen molar-refractivity contribution >= 4 is 0 Å². The van der Waals surface area contributed by atoms with E-state index in [0.29, 0.717) is 12.2 Å². The van der Waals surface area contributed by atoms with Crippen LogP contribution in [0, 0.1) is 5.41 Å². The zero-order valence-corrected chi connectivity index (χ0v) is 9.45. The predicted octanol–water partition coefficient (Wildman–Crippen LogP) is 2.64. The first-order valence-corrected chi connectivity index (χ1v) is 6.65. The van der Waals surface area contributed by atoms with Gasteiger partial charge in [0.1, 0.15) is 0 Å². The van der Waals surface area contributed by atoms with Crippen LogP contribution in [-0.4, -0.2) is 23.4 Å². The number of ether oxygens (including phenoxy) is 1. The molecule has 1 spiro atoms. The Bertz CT molecular complexity index is 229. The quantitative estimate of drug-likeness (QED) is 0.759. The molecule has 0 bridgehead atoms. The van der Waals surface area contributed by atoms with E-state index in [1.165, 1.54) is 51.4 Å². The second kappa shape index (κ2) is 3.74. The summed E-state index contributed by atoms with van der Waals surface area (Å²) in [6.45, 7) is 0. The standard InChI is InChI=1S/C13H22O2/c14-11-9-12(15-10-5-4-6-10)13(11)7-2-1-3-8-13/h10-12,14H,1-9H2. The molecule has 2 heteroatoms. The van der Waals surface area contributed by atoms with Gasteiger partial charge in [-0.05, 0) is 32.1 Å². The summed E-state index contributed by atoms with van der Waals surface area (Å²) in [5, 5.41) is 10.0. The van der Waals surface area contributed by atoms with E-state index in [4.69, 9.17) is 4.74 Å². The normalized spacial score (nSPS) is 39.8. The van der Waals surface area contributed by atoms with Crippen LogP contribution in [0.5, 0.6) is 0 Å². The zero-order chi connectivity index (χ0) is 10.3. The molecule has 2 atom stereocenters. The number of rotatable bonds is 2. The Morgan fingerprint density at radius 2 is 1.73 bits per heavy atom. The van der Waals surface area contributed by atoms with E-state index < -0.39 is 0 Å². The monoisotopic (exact) mass is 210 g/mol. The minimum Gasteiger partial charge on any atom is -0.392 e. The fraction of sp³-hybridized carbons (Fsp3) is 1.00. The largest absolute Gasteiger partial charge is 0.392 e. The lowest BCUT2D eigenvalue weighted by Gasteiger charge is -2.56. The Morgan fingerprint density at radius 3 is 2.27 bits per heavy atom. The van der Waals surface area contributed by atoms with Crippen LogP contribution in [0.15, 0.2) is 0 Å². The van der Waals surface area contributed by atoms with E-state index in [2.05, 4.69) is 0 Å². The molecule has 86 valence electrons. The summed E-state index contributed by atoms with van der Waals surface area (Å²) in [6, 6.07) is 0. The van der Waals surface area contributed by atoms with Crippen LogP contribution in [0.4, 0.5) is 0 Å². The fourth-order valence-electron chi connectivity index (χ4n) is 3.52. The Kier molecular flexibility index (Phi) is 2.52. The van der Waals surface area contributed by atoms with Crippen molar-refractivity contribution in [2.75, 3.05) is 0 Å². The van der Waals surface area contributed by atoms with Crippen molar-refractivity contribution in [3.63, 3.8) is 0 Å². The summed E-state index contributed by atoms with van der Waals surface area (Å²) < 4.78 is 6.13. The maximum Gasteiger partial charge on any atom is 0.0684 e. The molecule has 0 heterocycles. The lowest BCUT2D eigenvalue weighted by Crippen LogP contribution is -2.60. The molecule has 3 aliphatic carbocycles. The summed E-state index contributed by atoms with van der Waals surface area (Å²) >= 11 is 0. The number of hydrogen-bond donors (Lipinski definition) is 1. The predicted molar refractivity (Wildman–Crippen MR) is 58.7 cm³/mol. The van der Waals surface area contributed by atoms with Gasteiger partial charge in [-0.2, -0.15) is 0 Å². The summed E-state index contributed by atoms with van der Waals surface area (Å²) in [5.74, 6) is 0. The number of hydrogen-bond acceptors (Lipinski definition) is 2. The van der Waals surface area contributed by atoms with Gasteiger partial charge in [0.25, 0.3) is 0 Å². The van der Waals surface area contributed by atoms with Gasteiger partial charge in [-0.25, -0.2) is 0 Å².